The smallest absolute Gasteiger partial charge is 0.125 e. The Morgan fingerprint density at radius 1 is 1.11 bits per heavy atom. The minimum atomic E-state index is 0.0000260. The van der Waals surface area contributed by atoms with E-state index < -0.39 is 0 Å². The maximum absolute atomic E-state index is 9.61. The van der Waals surface area contributed by atoms with Crippen LogP contribution in [0, 0.1) is 5.92 Å². The van der Waals surface area contributed by atoms with Crippen molar-refractivity contribution in [1.82, 2.24) is 0 Å². The topological polar surface area (TPSA) is 29.5 Å². The number of rotatable bonds is 4. The van der Waals surface area contributed by atoms with Gasteiger partial charge in [-0.2, -0.15) is 0 Å². The molecule has 0 aromatic heterocycles. The second-order valence-electron chi connectivity index (χ2n) is 5.42. The lowest BCUT2D eigenvalue weighted by Gasteiger charge is -2.18. The number of hydrogen-bond acceptors (Lipinski definition) is 2. The van der Waals surface area contributed by atoms with E-state index in [0.29, 0.717) is 11.8 Å². The number of fused-ring (bicyclic) bond motifs is 1. The first kappa shape index (κ1) is 13.9. The van der Waals surface area contributed by atoms with Gasteiger partial charge >= 0.3 is 0 Å². The molecule has 0 amide bonds. The molecule has 102 valence electrons. The second-order valence-corrected chi connectivity index (χ2v) is 5.42. The van der Waals surface area contributed by atoms with E-state index >= 15 is 0 Å². The van der Waals surface area contributed by atoms with Crippen molar-refractivity contribution in [1.29, 1.82) is 0 Å². The van der Waals surface area contributed by atoms with E-state index in [9.17, 15) is 5.11 Å². The highest BCUT2D eigenvalue weighted by molar-refractivity contribution is 5.88. The maximum Gasteiger partial charge on any atom is 0.125 e. The Morgan fingerprint density at radius 3 is 2.37 bits per heavy atom. The normalized spacial score (nSPS) is 12.9. The molecule has 1 unspecified atom stereocenters. The number of hydrogen-bond donors (Lipinski definition) is 1. The van der Waals surface area contributed by atoms with E-state index in [-0.39, 0.29) is 6.61 Å². The fourth-order valence-corrected chi connectivity index (χ4v) is 2.40. The number of benzene rings is 2. The van der Waals surface area contributed by atoms with Crippen molar-refractivity contribution in [2.24, 2.45) is 5.92 Å². The summed E-state index contributed by atoms with van der Waals surface area (Å²) in [4.78, 5) is 0. The van der Waals surface area contributed by atoms with Crippen molar-refractivity contribution in [3.63, 3.8) is 0 Å². The molecule has 0 heterocycles. The fourth-order valence-electron chi connectivity index (χ4n) is 2.40. The van der Waals surface area contributed by atoms with E-state index in [2.05, 4.69) is 39.0 Å². The quantitative estimate of drug-likeness (QED) is 0.894. The lowest BCUT2D eigenvalue weighted by atomic mass is 9.88. The summed E-state index contributed by atoms with van der Waals surface area (Å²) in [6.45, 7) is 6.70. The lowest BCUT2D eigenvalue weighted by Crippen LogP contribution is -2.02. The van der Waals surface area contributed by atoms with Gasteiger partial charge in [0.05, 0.1) is 13.7 Å². The summed E-state index contributed by atoms with van der Waals surface area (Å²) >= 11 is 0. The first-order valence-electron chi connectivity index (χ1n) is 6.78. The molecule has 2 aromatic carbocycles. The molecule has 1 N–H and O–H groups in total. The Balaban J connectivity index is 2.62. The Bertz CT molecular complexity index is 573. The Labute approximate surface area is 115 Å². The molecule has 0 radical (unpaired) electrons. The molecule has 1 atom stereocenters. The summed E-state index contributed by atoms with van der Waals surface area (Å²) in [7, 11) is 1.64. The minimum absolute atomic E-state index is 0.0000260. The lowest BCUT2D eigenvalue weighted by molar-refractivity contribution is 0.275. The molecular weight excluding hydrogens is 236 g/mol. The van der Waals surface area contributed by atoms with Gasteiger partial charge in [0.2, 0.25) is 0 Å². The Hall–Kier alpha value is -1.54. The molecule has 2 rings (SSSR count). The van der Waals surface area contributed by atoms with Gasteiger partial charge in [0.15, 0.2) is 0 Å². The minimum Gasteiger partial charge on any atom is -0.496 e. The van der Waals surface area contributed by atoms with Gasteiger partial charge in [0.1, 0.15) is 5.75 Å². The Morgan fingerprint density at radius 2 is 1.79 bits per heavy atom. The summed E-state index contributed by atoms with van der Waals surface area (Å²) in [6.07, 6.45) is 0. The van der Waals surface area contributed by atoms with Crippen molar-refractivity contribution in [3.05, 3.63) is 41.5 Å². The van der Waals surface area contributed by atoms with Gasteiger partial charge in [-0.3, -0.25) is 0 Å². The molecule has 0 saturated carbocycles. The maximum atomic E-state index is 9.61. The van der Waals surface area contributed by atoms with E-state index in [1.807, 2.05) is 12.1 Å². The summed E-state index contributed by atoms with van der Waals surface area (Å²) in [5.41, 5.74) is 2.18. The average Bonchev–Trinajstić information content (AvgIpc) is 2.44. The summed E-state index contributed by atoms with van der Waals surface area (Å²) < 4.78 is 5.33. The number of aliphatic hydroxyl groups excluding tert-OH is 1. The van der Waals surface area contributed by atoms with Crippen LogP contribution in [0.15, 0.2) is 30.3 Å². The molecule has 2 heteroatoms. The van der Waals surface area contributed by atoms with Crippen LogP contribution in [0.3, 0.4) is 0 Å². The van der Waals surface area contributed by atoms with Crippen molar-refractivity contribution in [2.75, 3.05) is 7.11 Å². The van der Waals surface area contributed by atoms with Crippen molar-refractivity contribution < 1.29 is 9.84 Å². The van der Waals surface area contributed by atoms with Crippen LogP contribution in [0.5, 0.6) is 5.75 Å². The molecule has 0 saturated heterocycles. The predicted molar refractivity (Wildman–Crippen MR) is 79.7 cm³/mol. The zero-order chi connectivity index (χ0) is 14.0. The monoisotopic (exact) mass is 258 g/mol. The van der Waals surface area contributed by atoms with Crippen LogP contribution >= 0.6 is 0 Å². The second kappa shape index (κ2) is 5.62. The Kier molecular flexibility index (Phi) is 4.11. The van der Waals surface area contributed by atoms with Gasteiger partial charge in [-0.25, -0.2) is 0 Å². The van der Waals surface area contributed by atoms with Crippen LogP contribution < -0.4 is 4.74 Å². The van der Waals surface area contributed by atoms with Gasteiger partial charge in [-0.15, -0.1) is 0 Å². The van der Waals surface area contributed by atoms with Crippen LogP contribution in [0.1, 0.15) is 37.8 Å². The van der Waals surface area contributed by atoms with Crippen LogP contribution in [0.2, 0.25) is 0 Å². The van der Waals surface area contributed by atoms with Crippen LogP contribution in [-0.4, -0.2) is 12.2 Å². The van der Waals surface area contributed by atoms with Gasteiger partial charge in [0, 0.05) is 5.56 Å². The average molecular weight is 258 g/mol. The van der Waals surface area contributed by atoms with Gasteiger partial charge in [0.25, 0.3) is 0 Å². The van der Waals surface area contributed by atoms with E-state index in [1.54, 1.807) is 7.11 Å². The SMILES string of the molecule is COc1ccc2ccc(C(C)C(C)C)cc2c1CO. The molecule has 0 aliphatic rings. The van der Waals surface area contributed by atoms with Gasteiger partial charge < -0.3 is 9.84 Å². The zero-order valence-corrected chi connectivity index (χ0v) is 12.1. The summed E-state index contributed by atoms with van der Waals surface area (Å²) in [5.74, 6) is 1.85. The molecule has 0 fully saturated rings. The first-order chi connectivity index (χ1) is 9.08. The third kappa shape index (κ3) is 2.59. The third-order valence-electron chi connectivity index (χ3n) is 4.02. The number of methoxy groups -OCH3 is 1. The third-order valence-corrected chi connectivity index (χ3v) is 4.02. The van der Waals surface area contributed by atoms with Crippen LogP contribution in [0.25, 0.3) is 10.8 Å². The van der Waals surface area contributed by atoms with Gasteiger partial charge in [-0.1, -0.05) is 45.0 Å². The van der Waals surface area contributed by atoms with Crippen LogP contribution in [-0.2, 0) is 6.61 Å². The largest absolute Gasteiger partial charge is 0.496 e. The molecule has 19 heavy (non-hydrogen) atoms. The van der Waals surface area contributed by atoms with Crippen LogP contribution in [0.4, 0.5) is 0 Å². The molecule has 2 aromatic rings. The highest BCUT2D eigenvalue weighted by Gasteiger charge is 2.13. The van der Waals surface area contributed by atoms with Crippen molar-refractivity contribution in [2.45, 2.75) is 33.3 Å². The molecule has 0 spiro atoms. The molecular formula is C17H22O2. The summed E-state index contributed by atoms with van der Waals surface area (Å²) in [6, 6.07) is 10.5. The zero-order valence-electron chi connectivity index (χ0n) is 12.1. The molecule has 2 nitrogen and oxygen atoms in total. The van der Waals surface area contributed by atoms with E-state index in [1.165, 1.54) is 5.56 Å². The van der Waals surface area contributed by atoms with E-state index in [0.717, 1.165) is 22.1 Å². The molecule has 0 aliphatic heterocycles. The predicted octanol–water partition coefficient (Wildman–Crippen LogP) is 4.10. The highest BCUT2D eigenvalue weighted by Crippen LogP contribution is 2.32. The van der Waals surface area contributed by atoms with Gasteiger partial charge in [-0.05, 0) is 34.2 Å². The molecule has 0 aliphatic carbocycles. The fraction of sp³-hybridized carbons (Fsp3) is 0.412. The number of aliphatic hydroxyl groups is 1. The standard InChI is InChI=1S/C17H22O2/c1-11(2)12(3)14-6-5-13-7-8-17(19-4)16(10-18)15(13)9-14/h5-9,11-12,18H,10H2,1-4H3. The number of ether oxygens (including phenoxy) is 1. The van der Waals surface area contributed by atoms with Crippen molar-refractivity contribution >= 4 is 10.8 Å². The first-order valence-corrected chi connectivity index (χ1v) is 6.78. The molecule has 0 bridgehead atoms. The van der Waals surface area contributed by atoms with Crippen molar-refractivity contribution in [3.8, 4) is 5.75 Å². The summed E-state index contributed by atoms with van der Waals surface area (Å²) in [5, 5.41) is 11.8. The van der Waals surface area contributed by atoms with E-state index in [4.69, 9.17) is 4.74 Å². The highest BCUT2D eigenvalue weighted by atomic mass is 16.5.